The Balaban J connectivity index is 2.22. The highest BCUT2D eigenvalue weighted by Crippen LogP contribution is 2.18. The monoisotopic (exact) mass is 266 g/mol. The van der Waals surface area contributed by atoms with Gasteiger partial charge in [-0.05, 0) is 29.8 Å². The molecule has 92 valence electrons. The van der Waals surface area contributed by atoms with Gasteiger partial charge in [0, 0.05) is 17.0 Å². The molecule has 1 nitrogen and oxygen atoms in total. The van der Waals surface area contributed by atoms with E-state index in [0.717, 1.165) is 12.1 Å². The first-order chi connectivity index (χ1) is 8.58. The molecule has 2 aromatic rings. The predicted octanol–water partition coefficient (Wildman–Crippen LogP) is 4.04. The fourth-order valence-electron chi connectivity index (χ4n) is 1.59. The van der Waals surface area contributed by atoms with Crippen LogP contribution in [0, 0.1) is 11.6 Å². The molecule has 18 heavy (non-hydrogen) atoms. The molecule has 0 saturated heterocycles. The molecular weight excluding hydrogens is 258 g/mol. The maximum atomic E-state index is 13.0. The van der Waals surface area contributed by atoms with Gasteiger partial charge in [0.05, 0.1) is 0 Å². The third-order valence-corrected chi connectivity index (χ3v) is 2.92. The zero-order valence-electron chi connectivity index (χ0n) is 9.29. The first-order valence-electron chi connectivity index (χ1n) is 5.29. The summed E-state index contributed by atoms with van der Waals surface area (Å²) in [6.07, 6.45) is 0.0603. The number of hydrogen-bond donors (Lipinski definition) is 0. The fraction of sp³-hybridized carbons (Fsp3) is 0.0714. The Morgan fingerprint density at radius 1 is 1.06 bits per heavy atom. The van der Waals surface area contributed by atoms with Crippen molar-refractivity contribution in [3.8, 4) is 0 Å². The second-order valence-corrected chi connectivity index (χ2v) is 4.23. The summed E-state index contributed by atoms with van der Waals surface area (Å²) in [5, 5.41) is 0.480. The van der Waals surface area contributed by atoms with Crippen LogP contribution in [0.25, 0.3) is 0 Å². The number of halogens is 3. The Labute approximate surface area is 108 Å². The van der Waals surface area contributed by atoms with Gasteiger partial charge >= 0.3 is 0 Å². The summed E-state index contributed by atoms with van der Waals surface area (Å²) in [4.78, 5) is 11.9. The first-order valence-corrected chi connectivity index (χ1v) is 5.67. The van der Waals surface area contributed by atoms with Crippen LogP contribution in [0.2, 0.25) is 5.02 Å². The largest absolute Gasteiger partial charge is 0.294 e. The third kappa shape index (κ3) is 2.74. The van der Waals surface area contributed by atoms with E-state index in [1.54, 1.807) is 24.3 Å². The van der Waals surface area contributed by atoms with Gasteiger partial charge in [0.15, 0.2) is 17.4 Å². The number of carbonyl (C=O) groups excluding carboxylic acids is 1. The van der Waals surface area contributed by atoms with Gasteiger partial charge in [-0.3, -0.25) is 4.79 Å². The van der Waals surface area contributed by atoms with Crippen LogP contribution < -0.4 is 0 Å². The highest BCUT2D eigenvalue weighted by atomic mass is 35.5. The van der Waals surface area contributed by atoms with E-state index in [1.165, 1.54) is 6.07 Å². The minimum atomic E-state index is -1.03. The van der Waals surface area contributed by atoms with Gasteiger partial charge in [-0.25, -0.2) is 8.78 Å². The SMILES string of the molecule is O=C(Cc1ccccc1Cl)c1ccc(F)c(F)c1. The van der Waals surface area contributed by atoms with E-state index in [0.29, 0.717) is 10.6 Å². The van der Waals surface area contributed by atoms with Crippen molar-refractivity contribution in [3.05, 3.63) is 70.2 Å². The average Bonchev–Trinajstić information content (AvgIpc) is 2.35. The van der Waals surface area contributed by atoms with Crippen LogP contribution in [-0.4, -0.2) is 5.78 Å². The molecule has 2 rings (SSSR count). The van der Waals surface area contributed by atoms with Crippen molar-refractivity contribution in [2.45, 2.75) is 6.42 Å². The number of Topliss-reactive ketones (excluding diaryl/α,β-unsaturated/α-hetero) is 1. The zero-order valence-corrected chi connectivity index (χ0v) is 10.0. The molecule has 0 radical (unpaired) electrons. The van der Waals surface area contributed by atoms with Gasteiger partial charge in [-0.15, -0.1) is 0 Å². The quantitative estimate of drug-likeness (QED) is 0.766. The van der Waals surface area contributed by atoms with E-state index < -0.39 is 11.6 Å². The second kappa shape index (κ2) is 5.27. The van der Waals surface area contributed by atoms with Crippen molar-refractivity contribution in [3.63, 3.8) is 0 Å². The first kappa shape index (κ1) is 12.7. The van der Waals surface area contributed by atoms with Crippen molar-refractivity contribution in [1.82, 2.24) is 0 Å². The van der Waals surface area contributed by atoms with Crippen LogP contribution in [-0.2, 0) is 6.42 Å². The van der Waals surface area contributed by atoms with Gasteiger partial charge in [-0.2, -0.15) is 0 Å². The van der Waals surface area contributed by atoms with Crippen LogP contribution in [0.1, 0.15) is 15.9 Å². The lowest BCUT2D eigenvalue weighted by atomic mass is 10.0. The molecule has 0 aliphatic rings. The van der Waals surface area contributed by atoms with Crippen molar-refractivity contribution in [2.75, 3.05) is 0 Å². The second-order valence-electron chi connectivity index (χ2n) is 3.82. The number of carbonyl (C=O) groups is 1. The predicted molar refractivity (Wildman–Crippen MR) is 65.8 cm³/mol. The lowest BCUT2D eigenvalue weighted by Gasteiger charge is -2.04. The Hall–Kier alpha value is -1.74. The standard InChI is InChI=1S/C14H9ClF2O/c15-11-4-2-1-3-9(11)8-14(18)10-5-6-12(16)13(17)7-10/h1-7H,8H2. The van der Waals surface area contributed by atoms with Gasteiger partial charge in [-0.1, -0.05) is 29.8 Å². The summed E-state index contributed by atoms with van der Waals surface area (Å²) in [6.45, 7) is 0. The highest BCUT2D eigenvalue weighted by molar-refractivity contribution is 6.31. The fourth-order valence-corrected chi connectivity index (χ4v) is 1.79. The Morgan fingerprint density at radius 2 is 1.78 bits per heavy atom. The summed E-state index contributed by atoms with van der Waals surface area (Å²) in [5.74, 6) is -2.30. The summed E-state index contributed by atoms with van der Waals surface area (Å²) < 4.78 is 25.8. The number of hydrogen-bond acceptors (Lipinski definition) is 1. The van der Waals surface area contributed by atoms with E-state index in [2.05, 4.69) is 0 Å². The molecule has 0 spiro atoms. The molecule has 0 fully saturated rings. The Morgan fingerprint density at radius 3 is 2.44 bits per heavy atom. The lowest BCUT2D eigenvalue weighted by molar-refractivity contribution is 0.0992. The molecule has 0 aliphatic heterocycles. The molecule has 0 aromatic heterocycles. The Kier molecular flexibility index (Phi) is 3.72. The third-order valence-electron chi connectivity index (χ3n) is 2.55. The van der Waals surface area contributed by atoms with E-state index in [9.17, 15) is 13.6 Å². The molecule has 0 unspecified atom stereocenters. The highest BCUT2D eigenvalue weighted by Gasteiger charge is 2.11. The normalized spacial score (nSPS) is 10.4. The Bertz CT molecular complexity index is 596. The molecule has 0 N–H and O–H groups in total. The molecule has 0 heterocycles. The number of benzene rings is 2. The van der Waals surface area contributed by atoms with Crippen LogP contribution in [0.4, 0.5) is 8.78 Å². The van der Waals surface area contributed by atoms with E-state index in [4.69, 9.17) is 11.6 Å². The molecule has 0 aliphatic carbocycles. The van der Waals surface area contributed by atoms with E-state index >= 15 is 0 Å². The van der Waals surface area contributed by atoms with E-state index in [-0.39, 0.29) is 17.8 Å². The van der Waals surface area contributed by atoms with Crippen molar-refractivity contribution in [1.29, 1.82) is 0 Å². The molecule has 0 bridgehead atoms. The van der Waals surface area contributed by atoms with Crippen molar-refractivity contribution >= 4 is 17.4 Å². The lowest BCUT2D eigenvalue weighted by Crippen LogP contribution is -2.05. The van der Waals surface area contributed by atoms with Crippen LogP contribution in [0.3, 0.4) is 0 Å². The number of rotatable bonds is 3. The zero-order chi connectivity index (χ0) is 13.1. The molecule has 0 amide bonds. The van der Waals surface area contributed by atoms with Crippen LogP contribution >= 0.6 is 11.6 Å². The summed E-state index contributed by atoms with van der Waals surface area (Å²) in [6, 6.07) is 10.0. The topological polar surface area (TPSA) is 17.1 Å². The molecule has 0 saturated carbocycles. The van der Waals surface area contributed by atoms with Crippen LogP contribution in [0.15, 0.2) is 42.5 Å². The number of ketones is 1. The van der Waals surface area contributed by atoms with Crippen molar-refractivity contribution < 1.29 is 13.6 Å². The van der Waals surface area contributed by atoms with Gasteiger partial charge in [0.25, 0.3) is 0 Å². The average molecular weight is 267 g/mol. The van der Waals surface area contributed by atoms with Gasteiger partial charge in [0.2, 0.25) is 0 Å². The molecule has 4 heteroatoms. The van der Waals surface area contributed by atoms with E-state index in [1.807, 2.05) is 0 Å². The minimum Gasteiger partial charge on any atom is -0.294 e. The van der Waals surface area contributed by atoms with Gasteiger partial charge in [0.1, 0.15) is 0 Å². The molecular formula is C14H9ClF2O. The smallest absolute Gasteiger partial charge is 0.167 e. The summed E-state index contributed by atoms with van der Waals surface area (Å²) >= 11 is 5.93. The maximum absolute atomic E-state index is 13.0. The maximum Gasteiger partial charge on any atom is 0.167 e. The minimum absolute atomic E-state index is 0.0603. The summed E-state index contributed by atoms with van der Waals surface area (Å²) in [5.41, 5.74) is 0.794. The van der Waals surface area contributed by atoms with Crippen molar-refractivity contribution in [2.24, 2.45) is 0 Å². The van der Waals surface area contributed by atoms with Crippen LogP contribution in [0.5, 0.6) is 0 Å². The molecule has 2 aromatic carbocycles. The van der Waals surface area contributed by atoms with Gasteiger partial charge < -0.3 is 0 Å². The molecule has 0 atom stereocenters. The summed E-state index contributed by atoms with van der Waals surface area (Å²) in [7, 11) is 0.